The molecule has 0 radical (unpaired) electrons. The number of halogens is 1. The predicted octanol–water partition coefficient (Wildman–Crippen LogP) is 8.19. The lowest BCUT2D eigenvalue weighted by Crippen LogP contribution is -2.29. The minimum atomic E-state index is -1.13. The Morgan fingerprint density at radius 3 is 2.47 bits per heavy atom. The molecule has 0 spiro atoms. The SMILES string of the molecule is COc1ccc(C(O)=C2C(=O)C(=O)N(c3nnc(SCc4cccc5ccccc45)s3)[C@@H]2c2ccc(OCCC(C)C)c(OC)c2)cc1F. The highest BCUT2D eigenvalue weighted by molar-refractivity contribution is 8.00. The molecule has 2 heterocycles. The standard InChI is InChI=1S/C37H34FN3O6S2/c1-21(2)16-17-47-29-15-12-23(19-30(29)46-4)32-31(33(42)24-13-14-28(45-3)27(38)18-24)34(43)35(44)41(32)36-39-40-37(49-36)48-20-25-10-7-9-22-8-5-6-11-26(22)25/h5-15,18-19,21,32,42H,16-17,20H2,1-4H3/t32-/m1/s1. The van der Waals surface area contributed by atoms with Gasteiger partial charge >= 0.3 is 5.91 Å². The molecule has 1 fully saturated rings. The Kier molecular flexibility index (Phi) is 10.2. The molecule has 1 aromatic heterocycles. The van der Waals surface area contributed by atoms with Gasteiger partial charge in [0.2, 0.25) is 5.13 Å². The molecule has 12 heteroatoms. The Bertz CT molecular complexity index is 2060. The summed E-state index contributed by atoms with van der Waals surface area (Å²) in [7, 11) is 2.82. The molecule has 1 amide bonds. The highest BCUT2D eigenvalue weighted by Gasteiger charge is 2.48. The minimum absolute atomic E-state index is 0.00509. The van der Waals surface area contributed by atoms with Gasteiger partial charge in [-0.2, -0.15) is 0 Å². The van der Waals surface area contributed by atoms with E-state index < -0.39 is 29.3 Å². The number of nitrogens with zero attached hydrogens (tertiary/aromatic N) is 3. The average Bonchev–Trinajstić information content (AvgIpc) is 3.68. The zero-order valence-corrected chi connectivity index (χ0v) is 28.9. The molecule has 4 aromatic carbocycles. The highest BCUT2D eigenvalue weighted by atomic mass is 32.2. The Labute approximate surface area is 291 Å². The van der Waals surface area contributed by atoms with Crippen molar-refractivity contribution in [1.29, 1.82) is 0 Å². The van der Waals surface area contributed by atoms with Gasteiger partial charge in [-0.1, -0.05) is 85.5 Å². The van der Waals surface area contributed by atoms with E-state index in [0.717, 1.165) is 40.2 Å². The van der Waals surface area contributed by atoms with Crippen molar-refractivity contribution in [3.63, 3.8) is 0 Å². The van der Waals surface area contributed by atoms with Gasteiger partial charge in [0.25, 0.3) is 5.78 Å². The number of ether oxygens (including phenoxy) is 3. The van der Waals surface area contributed by atoms with Crippen molar-refractivity contribution in [3.8, 4) is 17.2 Å². The molecular formula is C37H34FN3O6S2. The number of aliphatic hydroxyl groups excluding tert-OH is 1. The van der Waals surface area contributed by atoms with E-state index in [1.54, 1.807) is 18.2 Å². The van der Waals surface area contributed by atoms with Gasteiger partial charge in [-0.3, -0.25) is 14.5 Å². The van der Waals surface area contributed by atoms with E-state index in [4.69, 9.17) is 14.2 Å². The number of Topliss-reactive ketones (excluding diaryl/α,β-unsaturated/α-hetero) is 1. The third-order valence-electron chi connectivity index (χ3n) is 8.16. The second kappa shape index (κ2) is 14.7. The van der Waals surface area contributed by atoms with Crippen molar-refractivity contribution in [2.45, 2.75) is 36.4 Å². The topological polar surface area (TPSA) is 111 Å². The number of carbonyl (C=O) groups is 2. The largest absolute Gasteiger partial charge is 0.507 e. The summed E-state index contributed by atoms with van der Waals surface area (Å²) in [6, 6.07) is 22.0. The first kappa shape index (κ1) is 33.9. The molecule has 6 rings (SSSR count). The van der Waals surface area contributed by atoms with E-state index in [9.17, 15) is 19.1 Å². The molecule has 5 aromatic rings. The maximum atomic E-state index is 14.7. The molecule has 1 aliphatic rings. The van der Waals surface area contributed by atoms with Crippen LogP contribution in [-0.2, 0) is 15.3 Å². The number of amides is 1. The smallest absolute Gasteiger partial charge is 0.301 e. The highest BCUT2D eigenvalue weighted by Crippen LogP contribution is 2.46. The van der Waals surface area contributed by atoms with Gasteiger partial charge in [0.05, 0.1) is 32.4 Å². The maximum absolute atomic E-state index is 14.7. The number of aliphatic hydroxyl groups is 1. The number of anilines is 1. The lowest BCUT2D eigenvalue weighted by molar-refractivity contribution is -0.132. The fourth-order valence-corrected chi connectivity index (χ4v) is 7.48. The van der Waals surface area contributed by atoms with Crippen LogP contribution in [0.4, 0.5) is 9.52 Å². The average molecular weight is 700 g/mol. The lowest BCUT2D eigenvalue weighted by Gasteiger charge is -2.23. The molecule has 0 saturated carbocycles. The number of thioether (sulfide) groups is 1. The molecule has 1 atom stereocenters. The number of rotatable bonds is 12. The summed E-state index contributed by atoms with van der Waals surface area (Å²) in [5, 5.41) is 22.6. The summed E-state index contributed by atoms with van der Waals surface area (Å²) in [6.07, 6.45) is 0.835. The molecule has 49 heavy (non-hydrogen) atoms. The van der Waals surface area contributed by atoms with Gasteiger partial charge in [0.15, 0.2) is 27.4 Å². The van der Waals surface area contributed by atoms with Crippen molar-refractivity contribution in [1.82, 2.24) is 10.2 Å². The fraction of sp³-hybridized carbons (Fsp3) is 0.243. The van der Waals surface area contributed by atoms with Crippen LogP contribution in [0.5, 0.6) is 17.2 Å². The van der Waals surface area contributed by atoms with Crippen LogP contribution in [0.15, 0.2) is 88.8 Å². The number of carbonyl (C=O) groups excluding carboxylic acids is 2. The van der Waals surface area contributed by atoms with Crippen LogP contribution in [-0.4, -0.2) is 47.8 Å². The van der Waals surface area contributed by atoms with Crippen molar-refractivity contribution in [2.24, 2.45) is 5.92 Å². The quantitative estimate of drug-likeness (QED) is 0.0453. The fourth-order valence-electron chi connectivity index (χ4n) is 5.61. The summed E-state index contributed by atoms with van der Waals surface area (Å²) >= 11 is 2.62. The lowest BCUT2D eigenvalue weighted by atomic mass is 9.95. The summed E-state index contributed by atoms with van der Waals surface area (Å²) in [6.45, 7) is 4.67. The third kappa shape index (κ3) is 6.97. The van der Waals surface area contributed by atoms with E-state index in [0.29, 0.717) is 39.7 Å². The Morgan fingerprint density at radius 2 is 1.71 bits per heavy atom. The van der Waals surface area contributed by atoms with Gasteiger partial charge in [0, 0.05) is 11.3 Å². The van der Waals surface area contributed by atoms with E-state index in [-0.39, 0.29) is 22.0 Å². The molecule has 252 valence electrons. The van der Waals surface area contributed by atoms with Crippen LogP contribution in [0.25, 0.3) is 16.5 Å². The van der Waals surface area contributed by atoms with Crippen molar-refractivity contribution >= 4 is 56.5 Å². The normalized spacial score (nSPS) is 15.7. The van der Waals surface area contributed by atoms with Gasteiger partial charge < -0.3 is 19.3 Å². The van der Waals surface area contributed by atoms with Crippen LogP contribution in [0.3, 0.4) is 0 Å². The first-order chi connectivity index (χ1) is 23.7. The van der Waals surface area contributed by atoms with Gasteiger partial charge in [-0.25, -0.2) is 4.39 Å². The van der Waals surface area contributed by atoms with Crippen LogP contribution < -0.4 is 19.1 Å². The van der Waals surface area contributed by atoms with Gasteiger partial charge in [-0.15, -0.1) is 10.2 Å². The van der Waals surface area contributed by atoms with Crippen molar-refractivity contribution in [3.05, 3.63) is 107 Å². The summed E-state index contributed by atoms with van der Waals surface area (Å²) in [4.78, 5) is 28.7. The number of methoxy groups -OCH3 is 2. The Balaban J connectivity index is 1.39. The van der Waals surface area contributed by atoms with Crippen molar-refractivity contribution < 1.29 is 33.3 Å². The third-order valence-corrected chi connectivity index (χ3v) is 10.3. The first-order valence-electron chi connectivity index (χ1n) is 15.6. The molecule has 0 unspecified atom stereocenters. The molecule has 9 nitrogen and oxygen atoms in total. The van der Waals surface area contributed by atoms with Gasteiger partial charge in [0.1, 0.15) is 5.76 Å². The number of hydrogen-bond donors (Lipinski definition) is 1. The number of hydrogen-bond acceptors (Lipinski definition) is 10. The summed E-state index contributed by atoms with van der Waals surface area (Å²) < 4.78 is 32.0. The molecule has 1 saturated heterocycles. The number of ketones is 1. The Hall–Kier alpha value is -4.94. The van der Waals surface area contributed by atoms with Gasteiger partial charge in [-0.05, 0) is 64.6 Å². The molecule has 0 aliphatic carbocycles. The van der Waals surface area contributed by atoms with E-state index in [1.807, 2.05) is 18.2 Å². The number of aromatic nitrogens is 2. The van der Waals surface area contributed by atoms with Crippen LogP contribution in [0.2, 0.25) is 0 Å². The predicted molar refractivity (Wildman–Crippen MR) is 189 cm³/mol. The molecule has 0 bridgehead atoms. The van der Waals surface area contributed by atoms with Crippen LogP contribution in [0.1, 0.15) is 43.0 Å². The molecular weight excluding hydrogens is 666 g/mol. The van der Waals surface area contributed by atoms with Crippen molar-refractivity contribution in [2.75, 3.05) is 25.7 Å². The van der Waals surface area contributed by atoms with E-state index >= 15 is 0 Å². The Morgan fingerprint density at radius 1 is 0.959 bits per heavy atom. The zero-order chi connectivity index (χ0) is 34.7. The second-order valence-corrected chi connectivity index (χ2v) is 13.9. The van der Waals surface area contributed by atoms with Crippen LogP contribution in [0, 0.1) is 11.7 Å². The summed E-state index contributed by atoms with van der Waals surface area (Å²) in [5.74, 6) is -1.25. The molecule has 1 aliphatic heterocycles. The summed E-state index contributed by atoms with van der Waals surface area (Å²) in [5.41, 5.74) is 1.34. The molecule has 1 N–H and O–H groups in total. The van der Waals surface area contributed by atoms with Crippen LogP contribution >= 0.6 is 23.1 Å². The van der Waals surface area contributed by atoms with E-state index in [1.165, 1.54) is 43.0 Å². The number of benzene rings is 4. The first-order valence-corrected chi connectivity index (χ1v) is 17.4. The number of fused-ring (bicyclic) bond motifs is 1. The maximum Gasteiger partial charge on any atom is 0.301 e. The zero-order valence-electron chi connectivity index (χ0n) is 27.3. The minimum Gasteiger partial charge on any atom is -0.507 e. The van der Waals surface area contributed by atoms with E-state index in [2.05, 4.69) is 48.3 Å². The second-order valence-electron chi connectivity index (χ2n) is 11.7. The monoisotopic (exact) mass is 699 g/mol.